The van der Waals surface area contributed by atoms with Crippen molar-refractivity contribution in [2.24, 2.45) is 5.92 Å². The standard InChI is InChI=1S/C16H31N3O/c1-13-7-5-10-17-14(13)11-15(20)19(4)12-16(18(2)3)8-6-9-16/h13-14,17H,5-12H2,1-4H3. The molecule has 0 radical (unpaired) electrons. The highest BCUT2D eigenvalue weighted by atomic mass is 16.2. The third-order valence-electron chi connectivity index (χ3n) is 5.51. The topological polar surface area (TPSA) is 35.6 Å². The molecule has 2 fully saturated rings. The summed E-state index contributed by atoms with van der Waals surface area (Å²) in [6.45, 7) is 4.20. The number of hydrogen-bond donors (Lipinski definition) is 1. The lowest BCUT2D eigenvalue weighted by atomic mass is 9.75. The molecule has 0 aromatic rings. The van der Waals surface area contributed by atoms with Crippen molar-refractivity contribution in [2.45, 2.75) is 57.0 Å². The Morgan fingerprint density at radius 1 is 1.25 bits per heavy atom. The number of amides is 1. The molecule has 0 bridgehead atoms. The third kappa shape index (κ3) is 3.34. The van der Waals surface area contributed by atoms with Crippen LogP contribution in [-0.2, 0) is 4.79 Å². The van der Waals surface area contributed by atoms with E-state index in [0.717, 1.165) is 13.1 Å². The van der Waals surface area contributed by atoms with Crippen LogP contribution in [0.3, 0.4) is 0 Å². The van der Waals surface area contributed by atoms with E-state index in [1.165, 1.54) is 32.1 Å². The van der Waals surface area contributed by atoms with Gasteiger partial charge < -0.3 is 15.1 Å². The highest BCUT2D eigenvalue weighted by Gasteiger charge is 2.40. The molecule has 2 aliphatic rings. The van der Waals surface area contributed by atoms with E-state index in [1.54, 1.807) is 0 Å². The molecule has 0 aromatic carbocycles. The van der Waals surface area contributed by atoms with Crippen LogP contribution in [0.25, 0.3) is 0 Å². The highest BCUT2D eigenvalue weighted by Crippen LogP contribution is 2.36. The normalized spacial score (nSPS) is 29.1. The van der Waals surface area contributed by atoms with Crippen LogP contribution in [0.2, 0.25) is 0 Å². The van der Waals surface area contributed by atoms with Gasteiger partial charge in [-0.25, -0.2) is 0 Å². The Bertz CT molecular complexity index is 339. The van der Waals surface area contributed by atoms with Crippen molar-refractivity contribution in [1.29, 1.82) is 0 Å². The molecule has 4 nitrogen and oxygen atoms in total. The van der Waals surface area contributed by atoms with E-state index in [2.05, 4.69) is 31.2 Å². The van der Waals surface area contributed by atoms with Gasteiger partial charge in [0.05, 0.1) is 0 Å². The zero-order valence-corrected chi connectivity index (χ0v) is 13.6. The molecule has 116 valence electrons. The number of piperidine rings is 1. The second-order valence-electron chi connectivity index (χ2n) is 7.11. The fraction of sp³-hybridized carbons (Fsp3) is 0.938. The van der Waals surface area contributed by atoms with E-state index in [9.17, 15) is 4.79 Å². The van der Waals surface area contributed by atoms with Gasteiger partial charge in [-0.05, 0) is 58.7 Å². The Balaban J connectivity index is 1.85. The summed E-state index contributed by atoms with van der Waals surface area (Å²) in [6, 6.07) is 0.371. The SMILES string of the molecule is CC1CCCNC1CC(=O)N(C)CC1(N(C)C)CCC1. The molecule has 0 spiro atoms. The van der Waals surface area contributed by atoms with Crippen molar-refractivity contribution >= 4 is 5.91 Å². The van der Waals surface area contributed by atoms with Gasteiger partial charge >= 0.3 is 0 Å². The summed E-state index contributed by atoms with van der Waals surface area (Å²) in [7, 11) is 6.25. The van der Waals surface area contributed by atoms with Gasteiger partial charge in [-0.15, -0.1) is 0 Å². The van der Waals surface area contributed by atoms with Crippen molar-refractivity contribution in [3.63, 3.8) is 0 Å². The number of carbonyl (C=O) groups excluding carboxylic acids is 1. The lowest BCUT2D eigenvalue weighted by molar-refractivity contribution is -0.133. The zero-order valence-electron chi connectivity index (χ0n) is 13.6. The number of nitrogens with zero attached hydrogens (tertiary/aromatic N) is 2. The molecule has 1 amide bonds. The van der Waals surface area contributed by atoms with Crippen molar-refractivity contribution < 1.29 is 4.79 Å². The molecule has 1 saturated heterocycles. The number of likely N-dealkylation sites (N-methyl/N-ethyl adjacent to an activating group) is 2. The first-order valence-corrected chi connectivity index (χ1v) is 8.09. The van der Waals surface area contributed by atoms with Gasteiger partial charge in [0, 0.05) is 31.6 Å². The molecule has 2 atom stereocenters. The Hall–Kier alpha value is -0.610. The first kappa shape index (κ1) is 15.8. The van der Waals surface area contributed by atoms with Gasteiger partial charge in [0.2, 0.25) is 5.91 Å². The summed E-state index contributed by atoms with van der Waals surface area (Å²) < 4.78 is 0. The van der Waals surface area contributed by atoms with Crippen molar-refractivity contribution in [3.8, 4) is 0 Å². The minimum absolute atomic E-state index is 0.232. The zero-order chi connectivity index (χ0) is 14.8. The minimum Gasteiger partial charge on any atom is -0.344 e. The maximum atomic E-state index is 12.5. The monoisotopic (exact) mass is 281 g/mol. The van der Waals surface area contributed by atoms with E-state index in [0.29, 0.717) is 24.3 Å². The van der Waals surface area contributed by atoms with Crippen LogP contribution < -0.4 is 5.32 Å². The minimum atomic E-state index is 0.232. The Labute approximate surface area is 123 Å². The summed E-state index contributed by atoms with van der Waals surface area (Å²) >= 11 is 0. The number of rotatable bonds is 5. The fourth-order valence-electron chi connectivity index (χ4n) is 3.59. The molecule has 1 N–H and O–H groups in total. The van der Waals surface area contributed by atoms with Gasteiger partial charge in [-0.3, -0.25) is 4.79 Å². The van der Waals surface area contributed by atoms with E-state index < -0.39 is 0 Å². The lowest BCUT2D eigenvalue weighted by Crippen LogP contribution is -2.58. The van der Waals surface area contributed by atoms with Gasteiger partial charge in [0.1, 0.15) is 0 Å². The summed E-state index contributed by atoms with van der Waals surface area (Å²) in [4.78, 5) is 16.7. The lowest BCUT2D eigenvalue weighted by Gasteiger charge is -2.49. The molecule has 20 heavy (non-hydrogen) atoms. The van der Waals surface area contributed by atoms with E-state index in [1.807, 2.05) is 11.9 Å². The molecule has 2 unspecified atom stereocenters. The van der Waals surface area contributed by atoms with Crippen LogP contribution in [0.5, 0.6) is 0 Å². The third-order valence-corrected chi connectivity index (χ3v) is 5.51. The second-order valence-corrected chi connectivity index (χ2v) is 7.11. The molecule has 1 aliphatic carbocycles. The largest absolute Gasteiger partial charge is 0.344 e. The van der Waals surface area contributed by atoms with Gasteiger partial charge in [0.15, 0.2) is 0 Å². The average molecular weight is 281 g/mol. The van der Waals surface area contributed by atoms with Crippen LogP contribution in [-0.4, -0.2) is 61.5 Å². The molecule has 4 heteroatoms. The van der Waals surface area contributed by atoms with Crippen LogP contribution in [0.1, 0.15) is 45.4 Å². The van der Waals surface area contributed by atoms with Gasteiger partial charge in [0.25, 0.3) is 0 Å². The molecule has 0 aromatic heterocycles. The van der Waals surface area contributed by atoms with Crippen molar-refractivity contribution in [1.82, 2.24) is 15.1 Å². The van der Waals surface area contributed by atoms with Crippen LogP contribution in [0.15, 0.2) is 0 Å². The van der Waals surface area contributed by atoms with Crippen LogP contribution >= 0.6 is 0 Å². The van der Waals surface area contributed by atoms with Crippen molar-refractivity contribution in [3.05, 3.63) is 0 Å². The Morgan fingerprint density at radius 2 is 1.95 bits per heavy atom. The maximum Gasteiger partial charge on any atom is 0.223 e. The Morgan fingerprint density at radius 3 is 2.45 bits per heavy atom. The quantitative estimate of drug-likeness (QED) is 0.833. The average Bonchev–Trinajstić information content (AvgIpc) is 2.35. The molecular formula is C16H31N3O. The van der Waals surface area contributed by atoms with Crippen molar-refractivity contribution in [2.75, 3.05) is 34.2 Å². The molecule has 1 heterocycles. The first-order valence-electron chi connectivity index (χ1n) is 8.09. The van der Waals surface area contributed by atoms with E-state index >= 15 is 0 Å². The number of hydrogen-bond acceptors (Lipinski definition) is 3. The second kappa shape index (κ2) is 6.44. The van der Waals surface area contributed by atoms with Gasteiger partial charge in [-0.1, -0.05) is 6.92 Å². The molecule has 2 rings (SSSR count). The van der Waals surface area contributed by atoms with Crippen LogP contribution in [0.4, 0.5) is 0 Å². The smallest absolute Gasteiger partial charge is 0.223 e. The maximum absolute atomic E-state index is 12.5. The predicted molar refractivity (Wildman–Crippen MR) is 82.7 cm³/mol. The van der Waals surface area contributed by atoms with Gasteiger partial charge in [-0.2, -0.15) is 0 Å². The summed E-state index contributed by atoms with van der Waals surface area (Å²) in [5.74, 6) is 0.914. The fourth-order valence-corrected chi connectivity index (χ4v) is 3.59. The van der Waals surface area contributed by atoms with E-state index in [4.69, 9.17) is 0 Å². The molecule has 1 saturated carbocycles. The Kier molecular flexibility index (Phi) is 5.08. The number of carbonyl (C=O) groups is 1. The number of nitrogens with one attached hydrogen (secondary N) is 1. The molecule has 1 aliphatic heterocycles. The summed E-state index contributed by atoms with van der Waals surface area (Å²) in [6.07, 6.45) is 6.87. The summed E-state index contributed by atoms with van der Waals surface area (Å²) in [5.41, 5.74) is 0.232. The first-order chi connectivity index (χ1) is 9.44. The predicted octanol–water partition coefficient (Wildman–Crippen LogP) is 1.71. The molecular weight excluding hydrogens is 250 g/mol. The van der Waals surface area contributed by atoms with E-state index in [-0.39, 0.29) is 5.54 Å². The highest BCUT2D eigenvalue weighted by molar-refractivity contribution is 5.76. The van der Waals surface area contributed by atoms with Crippen LogP contribution in [0, 0.1) is 5.92 Å². The summed E-state index contributed by atoms with van der Waals surface area (Å²) in [5, 5.41) is 3.51.